The molecule has 2 aromatic rings. The van der Waals surface area contributed by atoms with Gasteiger partial charge in [0.2, 0.25) is 0 Å². The third-order valence-electron chi connectivity index (χ3n) is 3.54. The standard InChI is InChI=1S/C18H18Cl2N2O3/c19-7-9-22(10-8-20)15-4-1-13(2-5-15)12-21-14-3-6-16(18(24)25)17(23)11-14/h1-6,11-12,23H,7-10H2,(H,24,25). The fourth-order valence-electron chi connectivity index (χ4n) is 2.28. The van der Waals surface area contributed by atoms with Crippen LogP contribution in [-0.4, -0.2) is 47.2 Å². The lowest BCUT2D eigenvalue weighted by molar-refractivity contribution is 0.0694. The Hall–Kier alpha value is -2.24. The lowest BCUT2D eigenvalue weighted by Gasteiger charge is -2.22. The van der Waals surface area contributed by atoms with Gasteiger partial charge in [0.05, 0.1) is 5.69 Å². The summed E-state index contributed by atoms with van der Waals surface area (Å²) in [5.74, 6) is -0.441. The monoisotopic (exact) mass is 380 g/mol. The summed E-state index contributed by atoms with van der Waals surface area (Å²) in [5, 5.41) is 18.6. The molecule has 7 heteroatoms. The molecule has 0 aliphatic carbocycles. The molecule has 0 radical (unpaired) electrons. The van der Waals surface area contributed by atoms with E-state index in [0.29, 0.717) is 17.4 Å². The van der Waals surface area contributed by atoms with Gasteiger partial charge in [-0.1, -0.05) is 12.1 Å². The quantitative estimate of drug-likeness (QED) is 0.533. The molecule has 132 valence electrons. The van der Waals surface area contributed by atoms with E-state index in [2.05, 4.69) is 9.89 Å². The molecule has 0 aliphatic rings. The zero-order valence-electron chi connectivity index (χ0n) is 13.4. The fourth-order valence-corrected chi connectivity index (χ4v) is 2.68. The van der Waals surface area contributed by atoms with E-state index in [1.807, 2.05) is 24.3 Å². The zero-order valence-corrected chi connectivity index (χ0v) is 14.9. The Morgan fingerprint density at radius 2 is 1.72 bits per heavy atom. The maximum atomic E-state index is 10.9. The summed E-state index contributed by atoms with van der Waals surface area (Å²) in [6.07, 6.45) is 1.65. The van der Waals surface area contributed by atoms with Crippen molar-refractivity contribution in [3.05, 3.63) is 53.6 Å². The number of carboxylic acid groups (broad SMARTS) is 1. The summed E-state index contributed by atoms with van der Waals surface area (Å²) in [7, 11) is 0. The Labute approximate surface area is 156 Å². The number of benzene rings is 2. The second kappa shape index (κ2) is 9.30. The highest BCUT2D eigenvalue weighted by Gasteiger charge is 2.09. The van der Waals surface area contributed by atoms with Crippen LogP contribution in [0, 0.1) is 0 Å². The SMILES string of the molecule is O=C(O)c1ccc(N=Cc2ccc(N(CCCl)CCCl)cc2)cc1O. The predicted molar refractivity (Wildman–Crippen MR) is 102 cm³/mol. The van der Waals surface area contributed by atoms with Gasteiger partial charge in [0.1, 0.15) is 11.3 Å². The second-order valence-electron chi connectivity index (χ2n) is 5.22. The van der Waals surface area contributed by atoms with Gasteiger partial charge in [0.25, 0.3) is 0 Å². The molecule has 0 amide bonds. The summed E-state index contributed by atoms with van der Waals surface area (Å²) in [6, 6.07) is 11.9. The van der Waals surface area contributed by atoms with Crippen molar-refractivity contribution in [2.75, 3.05) is 29.7 Å². The van der Waals surface area contributed by atoms with Crippen LogP contribution in [0.5, 0.6) is 5.75 Å². The third kappa shape index (κ3) is 5.37. The van der Waals surface area contributed by atoms with Crippen LogP contribution in [0.1, 0.15) is 15.9 Å². The van der Waals surface area contributed by atoms with E-state index >= 15 is 0 Å². The first kappa shape index (κ1) is 19.1. The molecule has 0 saturated carbocycles. The van der Waals surface area contributed by atoms with Crippen molar-refractivity contribution in [1.82, 2.24) is 0 Å². The summed E-state index contributed by atoms with van der Waals surface area (Å²) in [5.41, 5.74) is 2.23. The zero-order chi connectivity index (χ0) is 18.2. The number of hydrogen-bond donors (Lipinski definition) is 2. The average Bonchev–Trinajstić information content (AvgIpc) is 2.60. The third-order valence-corrected chi connectivity index (χ3v) is 3.88. The molecule has 0 aliphatic heterocycles. The fraction of sp³-hybridized carbons (Fsp3) is 0.222. The van der Waals surface area contributed by atoms with Crippen molar-refractivity contribution >= 4 is 46.8 Å². The maximum absolute atomic E-state index is 10.9. The molecule has 2 aromatic carbocycles. The molecule has 0 saturated heterocycles. The molecule has 25 heavy (non-hydrogen) atoms. The number of anilines is 1. The van der Waals surface area contributed by atoms with Crippen molar-refractivity contribution in [3.8, 4) is 5.75 Å². The van der Waals surface area contributed by atoms with Crippen LogP contribution in [0.25, 0.3) is 0 Å². The van der Waals surface area contributed by atoms with Crippen molar-refractivity contribution in [2.24, 2.45) is 4.99 Å². The number of aliphatic imine (C=N–C) groups is 1. The number of alkyl halides is 2. The average molecular weight is 381 g/mol. The molecule has 0 heterocycles. The van der Waals surface area contributed by atoms with Crippen molar-refractivity contribution in [2.45, 2.75) is 0 Å². The van der Waals surface area contributed by atoms with Gasteiger partial charge in [-0.05, 0) is 29.8 Å². The minimum atomic E-state index is -1.18. The minimum absolute atomic E-state index is 0.151. The van der Waals surface area contributed by atoms with Gasteiger partial charge in [-0.15, -0.1) is 23.2 Å². The molecule has 0 aromatic heterocycles. The van der Waals surface area contributed by atoms with E-state index in [4.69, 9.17) is 28.3 Å². The molecular weight excluding hydrogens is 363 g/mol. The highest BCUT2D eigenvalue weighted by atomic mass is 35.5. The van der Waals surface area contributed by atoms with Gasteiger partial charge in [0, 0.05) is 42.8 Å². The number of rotatable bonds is 8. The number of phenols is 1. The first-order valence-electron chi connectivity index (χ1n) is 7.62. The Morgan fingerprint density at radius 1 is 1.08 bits per heavy atom. The van der Waals surface area contributed by atoms with Crippen LogP contribution in [0.4, 0.5) is 11.4 Å². The molecule has 0 bridgehead atoms. The molecule has 2 rings (SSSR count). The summed E-state index contributed by atoms with van der Waals surface area (Å²) >= 11 is 11.6. The largest absolute Gasteiger partial charge is 0.507 e. The molecule has 2 N–H and O–H groups in total. The van der Waals surface area contributed by atoms with Crippen LogP contribution >= 0.6 is 23.2 Å². The van der Waals surface area contributed by atoms with Gasteiger partial charge in [0.15, 0.2) is 0 Å². The van der Waals surface area contributed by atoms with Gasteiger partial charge in [-0.2, -0.15) is 0 Å². The lowest BCUT2D eigenvalue weighted by Crippen LogP contribution is -2.27. The minimum Gasteiger partial charge on any atom is -0.507 e. The highest BCUT2D eigenvalue weighted by molar-refractivity contribution is 6.18. The van der Waals surface area contributed by atoms with Crippen molar-refractivity contribution in [1.29, 1.82) is 0 Å². The normalized spacial score (nSPS) is 11.0. The number of carboxylic acids is 1. The predicted octanol–water partition coefficient (Wildman–Crippen LogP) is 4.13. The van der Waals surface area contributed by atoms with Gasteiger partial charge < -0.3 is 15.1 Å². The summed E-state index contributed by atoms with van der Waals surface area (Å²) < 4.78 is 0. The molecule has 0 atom stereocenters. The topological polar surface area (TPSA) is 73.1 Å². The van der Waals surface area contributed by atoms with Crippen LogP contribution < -0.4 is 4.90 Å². The van der Waals surface area contributed by atoms with E-state index in [1.54, 1.807) is 6.21 Å². The van der Waals surface area contributed by atoms with Crippen LogP contribution in [0.2, 0.25) is 0 Å². The van der Waals surface area contributed by atoms with Crippen LogP contribution in [0.15, 0.2) is 47.5 Å². The van der Waals surface area contributed by atoms with Gasteiger partial charge in [-0.25, -0.2) is 4.79 Å². The maximum Gasteiger partial charge on any atom is 0.339 e. The van der Waals surface area contributed by atoms with E-state index in [0.717, 1.165) is 24.3 Å². The summed E-state index contributed by atoms with van der Waals surface area (Å²) in [4.78, 5) is 17.2. The van der Waals surface area contributed by atoms with Crippen LogP contribution in [0.3, 0.4) is 0 Å². The molecule has 0 spiro atoms. The van der Waals surface area contributed by atoms with E-state index < -0.39 is 5.97 Å². The van der Waals surface area contributed by atoms with E-state index in [1.165, 1.54) is 18.2 Å². The Balaban J connectivity index is 2.11. The first-order valence-corrected chi connectivity index (χ1v) is 8.69. The van der Waals surface area contributed by atoms with Crippen molar-refractivity contribution < 1.29 is 15.0 Å². The molecular formula is C18H18Cl2N2O3. The van der Waals surface area contributed by atoms with E-state index in [9.17, 15) is 9.90 Å². The summed E-state index contributed by atoms with van der Waals surface area (Å²) in [6.45, 7) is 1.44. The highest BCUT2D eigenvalue weighted by Crippen LogP contribution is 2.24. The lowest BCUT2D eigenvalue weighted by atomic mass is 10.2. The van der Waals surface area contributed by atoms with Gasteiger partial charge >= 0.3 is 5.97 Å². The smallest absolute Gasteiger partial charge is 0.339 e. The number of aromatic hydroxyl groups is 1. The number of carbonyl (C=O) groups is 1. The van der Waals surface area contributed by atoms with Crippen molar-refractivity contribution in [3.63, 3.8) is 0 Å². The first-order chi connectivity index (χ1) is 12.0. The Morgan fingerprint density at radius 3 is 2.24 bits per heavy atom. The number of aromatic carboxylic acids is 1. The molecule has 0 fully saturated rings. The Kier molecular flexibility index (Phi) is 7.10. The number of nitrogens with zero attached hydrogens (tertiary/aromatic N) is 2. The number of hydrogen-bond acceptors (Lipinski definition) is 4. The number of halogens is 2. The van der Waals surface area contributed by atoms with Gasteiger partial charge in [-0.3, -0.25) is 4.99 Å². The van der Waals surface area contributed by atoms with Crippen LogP contribution in [-0.2, 0) is 0 Å². The Bertz CT molecular complexity index is 742. The van der Waals surface area contributed by atoms with E-state index in [-0.39, 0.29) is 11.3 Å². The second-order valence-corrected chi connectivity index (χ2v) is 5.98. The molecule has 0 unspecified atom stereocenters. The molecule has 5 nitrogen and oxygen atoms in total.